The highest BCUT2D eigenvalue weighted by molar-refractivity contribution is 7.85. The molecule has 0 amide bonds. The maximum atomic E-state index is 9.71. The van der Waals surface area contributed by atoms with Crippen molar-refractivity contribution in [3.05, 3.63) is 0 Å². The third-order valence-corrected chi connectivity index (χ3v) is 1.13. The van der Waals surface area contributed by atoms with Crippen LogP contribution in [0.15, 0.2) is 0 Å². The molecule has 0 bridgehead atoms. The summed E-state index contributed by atoms with van der Waals surface area (Å²) < 4.78 is 27.3. The number of halogens is 1. The molecule has 0 saturated heterocycles. The van der Waals surface area contributed by atoms with E-state index in [1.54, 1.807) is 0 Å². The van der Waals surface area contributed by atoms with Crippen LogP contribution in [0.2, 0.25) is 0 Å². The number of rotatable bonds is 2. The van der Waals surface area contributed by atoms with Crippen LogP contribution in [0.25, 0.3) is 0 Å². The number of hydrogen-bond donors (Lipinski definition) is 2. The summed E-state index contributed by atoms with van der Waals surface area (Å²) in [6.45, 7) is -0.0289. The van der Waals surface area contributed by atoms with E-state index in [1.807, 2.05) is 0 Å². The molecule has 0 aliphatic heterocycles. The van der Waals surface area contributed by atoms with Crippen LogP contribution >= 0.6 is 0 Å². The third-order valence-electron chi connectivity index (χ3n) is 0.376. The summed E-state index contributed by atoms with van der Waals surface area (Å²) in [6, 6.07) is 0. The SMILES string of the molecule is NCCS(=O)(=O)O.[F-]. The second-order valence-electron chi connectivity index (χ2n) is 1.07. The Bertz CT molecular complexity index is 130. The second-order valence-corrected chi connectivity index (χ2v) is 2.65. The fourth-order valence-corrected chi connectivity index (χ4v) is 0.447. The maximum absolute atomic E-state index is 9.71. The first-order valence-electron chi connectivity index (χ1n) is 1.71. The molecule has 3 N–H and O–H groups in total. The molecular weight excluding hydrogens is 137 g/mol. The zero-order chi connectivity index (χ0) is 5.91. The molecule has 6 heteroatoms. The van der Waals surface area contributed by atoms with Crippen LogP contribution in [-0.4, -0.2) is 25.3 Å². The van der Waals surface area contributed by atoms with E-state index < -0.39 is 10.1 Å². The lowest BCUT2D eigenvalue weighted by atomic mass is 10.8. The molecule has 0 atom stereocenters. The van der Waals surface area contributed by atoms with Crippen molar-refractivity contribution in [3.63, 3.8) is 0 Å². The van der Waals surface area contributed by atoms with Crippen molar-refractivity contribution in [1.29, 1.82) is 0 Å². The van der Waals surface area contributed by atoms with Crippen LogP contribution in [-0.2, 0) is 10.1 Å². The normalized spacial score (nSPS) is 10.2. The van der Waals surface area contributed by atoms with E-state index in [1.165, 1.54) is 0 Å². The highest BCUT2D eigenvalue weighted by atomic mass is 32.2. The second kappa shape index (κ2) is 3.76. The van der Waals surface area contributed by atoms with Gasteiger partial charge in [0, 0.05) is 6.54 Å². The van der Waals surface area contributed by atoms with E-state index in [-0.39, 0.29) is 17.0 Å². The fourth-order valence-electron chi connectivity index (χ4n) is 0.149. The summed E-state index contributed by atoms with van der Waals surface area (Å²) in [7, 11) is -3.80. The van der Waals surface area contributed by atoms with Crippen LogP contribution < -0.4 is 10.4 Å². The van der Waals surface area contributed by atoms with Crippen molar-refractivity contribution < 1.29 is 17.7 Å². The van der Waals surface area contributed by atoms with Crippen molar-refractivity contribution in [2.45, 2.75) is 0 Å². The standard InChI is InChI=1S/C2H7NO3S.FH/c3-1-2-7(4,5)6;/h1-3H2,(H,4,5,6);1H/p-1. The third kappa shape index (κ3) is 9.25. The zero-order valence-corrected chi connectivity index (χ0v) is 4.86. The number of nitrogens with two attached hydrogens (primary N) is 1. The van der Waals surface area contributed by atoms with Gasteiger partial charge in [-0.25, -0.2) is 0 Å². The predicted molar refractivity (Wildman–Crippen MR) is 25.5 cm³/mol. The largest absolute Gasteiger partial charge is 1.00 e. The lowest BCUT2D eigenvalue weighted by Crippen LogP contribution is -3.00. The monoisotopic (exact) mass is 144 g/mol. The van der Waals surface area contributed by atoms with Gasteiger partial charge in [-0.05, 0) is 0 Å². The van der Waals surface area contributed by atoms with Gasteiger partial charge < -0.3 is 10.4 Å². The molecule has 0 aliphatic carbocycles. The summed E-state index contributed by atoms with van der Waals surface area (Å²) in [5.41, 5.74) is 4.78. The molecule has 0 radical (unpaired) electrons. The van der Waals surface area contributed by atoms with E-state index in [9.17, 15) is 8.42 Å². The Morgan fingerprint density at radius 2 is 1.88 bits per heavy atom. The molecule has 52 valence electrons. The van der Waals surface area contributed by atoms with E-state index >= 15 is 0 Å². The van der Waals surface area contributed by atoms with Gasteiger partial charge in [0.25, 0.3) is 10.1 Å². The van der Waals surface area contributed by atoms with Gasteiger partial charge in [0.15, 0.2) is 0 Å². The minimum absolute atomic E-state index is 0. The molecule has 8 heavy (non-hydrogen) atoms. The Kier molecular flexibility index (Phi) is 5.04. The Hall–Kier alpha value is -0.200. The molecule has 0 aromatic heterocycles. The molecule has 0 unspecified atom stereocenters. The predicted octanol–water partition coefficient (Wildman–Crippen LogP) is -4.16. The van der Waals surface area contributed by atoms with E-state index in [4.69, 9.17) is 10.3 Å². The van der Waals surface area contributed by atoms with Gasteiger partial charge in [0.05, 0.1) is 5.75 Å². The van der Waals surface area contributed by atoms with Gasteiger partial charge in [0.1, 0.15) is 0 Å². The van der Waals surface area contributed by atoms with Crippen LogP contribution in [0.1, 0.15) is 0 Å². The molecule has 0 spiro atoms. The highest BCUT2D eigenvalue weighted by Crippen LogP contribution is 1.74. The summed E-state index contributed by atoms with van der Waals surface area (Å²) in [6.07, 6.45) is 0. The summed E-state index contributed by atoms with van der Waals surface area (Å²) in [5.74, 6) is -0.354. The van der Waals surface area contributed by atoms with Gasteiger partial charge in [-0.1, -0.05) is 0 Å². The Morgan fingerprint density at radius 3 is 1.88 bits per heavy atom. The molecule has 0 heterocycles. The molecule has 0 aromatic rings. The van der Waals surface area contributed by atoms with E-state index in [0.717, 1.165) is 0 Å². The lowest BCUT2D eigenvalue weighted by molar-refractivity contribution is -0.00000584. The smallest absolute Gasteiger partial charge is 0.266 e. The lowest BCUT2D eigenvalue weighted by Gasteiger charge is -1.86. The molecule has 0 fully saturated rings. The first-order chi connectivity index (χ1) is 3.06. The molecule has 0 aromatic carbocycles. The molecule has 0 saturated carbocycles. The van der Waals surface area contributed by atoms with Crippen molar-refractivity contribution >= 4 is 10.1 Å². The quantitative estimate of drug-likeness (QED) is 0.385. The molecule has 0 rings (SSSR count). The average Bonchev–Trinajstić information content (AvgIpc) is 1.30. The van der Waals surface area contributed by atoms with Crippen LogP contribution in [0.4, 0.5) is 0 Å². The van der Waals surface area contributed by atoms with Gasteiger partial charge in [0.2, 0.25) is 0 Å². The summed E-state index contributed by atoms with van der Waals surface area (Å²) in [5, 5.41) is 0. The number of hydrogen-bond acceptors (Lipinski definition) is 3. The van der Waals surface area contributed by atoms with Crippen LogP contribution in [0, 0.1) is 0 Å². The molecule has 4 nitrogen and oxygen atoms in total. The highest BCUT2D eigenvalue weighted by Gasteiger charge is 1.98. The van der Waals surface area contributed by atoms with Gasteiger partial charge in [-0.3, -0.25) is 4.55 Å². The van der Waals surface area contributed by atoms with Crippen LogP contribution in [0.3, 0.4) is 0 Å². The average molecular weight is 144 g/mol. The summed E-state index contributed by atoms with van der Waals surface area (Å²) in [4.78, 5) is 0. The zero-order valence-electron chi connectivity index (χ0n) is 4.04. The Morgan fingerprint density at radius 1 is 1.50 bits per heavy atom. The Balaban J connectivity index is 0. The summed E-state index contributed by atoms with van der Waals surface area (Å²) >= 11 is 0. The minimum Gasteiger partial charge on any atom is -1.00 e. The fraction of sp³-hybridized carbons (Fsp3) is 1.00. The first-order valence-corrected chi connectivity index (χ1v) is 3.32. The van der Waals surface area contributed by atoms with Gasteiger partial charge >= 0.3 is 0 Å². The van der Waals surface area contributed by atoms with Crippen molar-refractivity contribution in [3.8, 4) is 0 Å². The van der Waals surface area contributed by atoms with Crippen molar-refractivity contribution in [2.24, 2.45) is 5.73 Å². The molecule has 0 aliphatic rings. The van der Waals surface area contributed by atoms with E-state index in [0.29, 0.717) is 0 Å². The van der Waals surface area contributed by atoms with E-state index in [2.05, 4.69) is 0 Å². The minimum atomic E-state index is -3.80. The van der Waals surface area contributed by atoms with Crippen molar-refractivity contribution in [2.75, 3.05) is 12.3 Å². The van der Waals surface area contributed by atoms with Gasteiger partial charge in [-0.2, -0.15) is 8.42 Å². The van der Waals surface area contributed by atoms with Gasteiger partial charge in [-0.15, -0.1) is 0 Å². The Labute approximate surface area is 46.8 Å². The first kappa shape index (κ1) is 10.7. The van der Waals surface area contributed by atoms with Crippen LogP contribution in [0.5, 0.6) is 0 Å². The topological polar surface area (TPSA) is 80.4 Å². The van der Waals surface area contributed by atoms with Crippen molar-refractivity contribution in [1.82, 2.24) is 0 Å². The molecular formula is C2H7FNO3S-. The maximum Gasteiger partial charge on any atom is 0.266 e.